The molecule has 0 fully saturated rings. The second-order valence-electron chi connectivity index (χ2n) is 6.31. The van der Waals surface area contributed by atoms with Crippen LogP contribution in [0.5, 0.6) is 0 Å². The Kier molecular flexibility index (Phi) is 5.60. The molecule has 2 aromatic carbocycles. The van der Waals surface area contributed by atoms with E-state index in [0.717, 1.165) is 11.4 Å². The van der Waals surface area contributed by atoms with E-state index in [2.05, 4.69) is 4.74 Å². The van der Waals surface area contributed by atoms with E-state index in [9.17, 15) is 18.0 Å². The molecule has 0 N–H and O–H groups in total. The van der Waals surface area contributed by atoms with Gasteiger partial charge in [-0.15, -0.1) is 0 Å². The molecule has 0 aliphatic carbocycles. The van der Waals surface area contributed by atoms with Gasteiger partial charge in [0.25, 0.3) is 15.6 Å². The molecule has 1 heterocycles. The van der Waals surface area contributed by atoms with Crippen molar-refractivity contribution in [1.82, 2.24) is 9.36 Å². The van der Waals surface area contributed by atoms with Crippen molar-refractivity contribution in [2.24, 2.45) is 7.05 Å². The van der Waals surface area contributed by atoms with E-state index in [1.54, 1.807) is 61.1 Å². The van der Waals surface area contributed by atoms with Gasteiger partial charge in [0.15, 0.2) is 0 Å². The predicted molar refractivity (Wildman–Crippen MR) is 109 cm³/mol. The first-order valence-corrected chi connectivity index (χ1v) is 10.2. The van der Waals surface area contributed by atoms with Gasteiger partial charge in [-0.2, -0.15) is 0 Å². The van der Waals surface area contributed by atoms with E-state index >= 15 is 0 Å². The number of hydrogen-bond donors (Lipinski definition) is 0. The van der Waals surface area contributed by atoms with Crippen LogP contribution in [0.2, 0.25) is 0 Å². The maximum absolute atomic E-state index is 13.3. The predicted octanol–water partition coefficient (Wildman–Crippen LogP) is 1.85. The minimum absolute atomic E-state index is 0.0298. The Morgan fingerprint density at radius 3 is 2.14 bits per heavy atom. The van der Waals surface area contributed by atoms with Crippen LogP contribution < -0.4 is 9.86 Å². The maximum Gasteiger partial charge on any atom is 0.326 e. The SMILES string of the molecule is COC(=O)CN(c1c(C)n(C)n(-c2ccccc2)c1=O)S(=O)(=O)c1ccccc1. The number of sulfonamides is 1. The van der Waals surface area contributed by atoms with Gasteiger partial charge in [0.2, 0.25) is 0 Å². The Morgan fingerprint density at radius 2 is 1.59 bits per heavy atom. The Labute approximate surface area is 168 Å². The second kappa shape index (κ2) is 7.96. The normalized spacial score (nSPS) is 11.3. The third kappa shape index (κ3) is 3.68. The highest BCUT2D eigenvalue weighted by molar-refractivity contribution is 7.92. The number of hydrogen-bond acceptors (Lipinski definition) is 5. The van der Waals surface area contributed by atoms with Crippen LogP contribution in [-0.2, 0) is 26.6 Å². The molecular weight excluding hydrogens is 394 g/mol. The van der Waals surface area contributed by atoms with Crippen molar-refractivity contribution in [3.63, 3.8) is 0 Å². The van der Waals surface area contributed by atoms with Crippen molar-refractivity contribution in [1.29, 1.82) is 0 Å². The third-order valence-electron chi connectivity index (χ3n) is 4.60. The van der Waals surface area contributed by atoms with E-state index < -0.39 is 28.1 Å². The van der Waals surface area contributed by atoms with E-state index in [0.29, 0.717) is 11.4 Å². The highest BCUT2D eigenvalue weighted by Crippen LogP contribution is 2.25. The highest BCUT2D eigenvalue weighted by Gasteiger charge is 2.33. The fourth-order valence-electron chi connectivity index (χ4n) is 3.03. The second-order valence-corrected chi connectivity index (χ2v) is 8.17. The zero-order valence-corrected chi connectivity index (χ0v) is 17.1. The number of methoxy groups -OCH3 is 1. The molecule has 0 amide bonds. The number of anilines is 1. The van der Waals surface area contributed by atoms with Crippen molar-refractivity contribution in [2.75, 3.05) is 18.0 Å². The standard InChI is InChI=1S/C20H21N3O5S/c1-15-19(20(25)23(21(15)2)16-10-6-4-7-11-16)22(14-18(24)28-3)29(26,27)17-12-8-5-9-13-17/h4-13H,14H2,1-3H3. The van der Waals surface area contributed by atoms with Gasteiger partial charge in [0.1, 0.15) is 12.2 Å². The zero-order valence-electron chi connectivity index (χ0n) is 16.3. The molecule has 0 radical (unpaired) electrons. The smallest absolute Gasteiger partial charge is 0.326 e. The van der Waals surface area contributed by atoms with E-state index in [4.69, 9.17) is 0 Å². The summed E-state index contributed by atoms with van der Waals surface area (Å²) in [5, 5.41) is 0. The first-order valence-electron chi connectivity index (χ1n) is 8.77. The van der Waals surface area contributed by atoms with Crippen LogP contribution in [0.4, 0.5) is 5.69 Å². The highest BCUT2D eigenvalue weighted by atomic mass is 32.2. The minimum Gasteiger partial charge on any atom is -0.468 e. The molecule has 0 unspecified atom stereocenters. The Hall–Kier alpha value is -3.33. The molecule has 152 valence electrons. The zero-order chi connectivity index (χ0) is 21.2. The van der Waals surface area contributed by atoms with Crippen LogP contribution in [0.15, 0.2) is 70.4 Å². The van der Waals surface area contributed by atoms with Gasteiger partial charge in [-0.1, -0.05) is 36.4 Å². The molecule has 0 spiro atoms. The number of nitrogens with zero attached hydrogens (tertiary/aromatic N) is 3. The van der Waals surface area contributed by atoms with Crippen LogP contribution in [0.1, 0.15) is 5.69 Å². The number of ether oxygens (including phenoxy) is 1. The molecule has 0 aliphatic heterocycles. The van der Waals surface area contributed by atoms with Gasteiger partial charge >= 0.3 is 5.97 Å². The summed E-state index contributed by atoms with van der Waals surface area (Å²) in [6.45, 7) is 1.00. The lowest BCUT2D eigenvalue weighted by molar-refractivity contribution is -0.138. The average Bonchev–Trinajstić information content (AvgIpc) is 2.95. The molecule has 29 heavy (non-hydrogen) atoms. The minimum atomic E-state index is -4.18. The summed E-state index contributed by atoms with van der Waals surface area (Å²) < 4.78 is 35.0. The molecule has 0 bridgehead atoms. The lowest BCUT2D eigenvalue weighted by atomic mass is 10.3. The number of rotatable bonds is 6. The molecule has 8 nitrogen and oxygen atoms in total. The summed E-state index contributed by atoms with van der Waals surface area (Å²) in [6.07, 6.45) is 0. The fraction of sp³-hybridized carbons (Fsp3) is 0.200. The lowest BCUT2D eigenvalue weighted by Gasteiger charge is -2.22. The van der Waals surface area contributed by atoms with Crippen molar-refractivity contribution in [2.45, 2.75) is 11.8 Å². The van der Waals surface area contributed by atoms with Gasteiger partial charge in [0, 0.05) is 7.05 Å². The Morgan fingerprint density at radius 1 is 1.03 bits per heavy atom. The number of carbonyl (C=O) groups excluding carboxylic acids is 1. The molecule has 0 aliphatic rings. The van der Waals surface area contributed by atoms with Crippen molar-refractivity contribution in [3.8, 4) is 5.69 Å². The van der Waals surface area contributed by atoms with Crippen LogP contribution >= 0.6 is 0 Å². The molecular formula is C20H21N3O5S. The first-order chi connectivity index (χ1) is 13.8. The molecule has 1 aromatic heterocycles. The Bertz CT molecular complexity index is 1180. The molecule has 0 saturated carbocycles. The summed E-state index contributed by atoms with van der Waals surface area (Å²) in [5.74, 6) is -0.779. The van der Waals surface area contributed by atoms with Gasteiger partial charge in [-0.25, -0.2) is 17.4 Å². The summed E-state index contributed by atoms with van der Waals surface area (Å²) >= 11 is 0. The fourth-order valence-corrected chi connectivity index (χ4v) is 4.51. The summed E-state index contributed by atoms with van der Waals surface area (Å²) in [4.78, 5) is 25.3. The molecule has 3 aromatic rings. The van der Waals surface area contributed by atoms with Gasteiger partial charge in [-0.05, 0) is 31.2 Å². The van der Waals surface area contributed by atoms with E-state index in [1.807, 2.05) is 6.07 Å². The number of para-hydroxylation sites is 1. The largest absolute Gasteiger partial charge is 0.468 e. The van der Waals surface area contributed by atoms with Crippen LogP contribution in [0.25, 0.3) is 5.69 Å². The number of carbonyl (C=O) groups is 1. The number of aromatic nitrogens is 2. The van der Waals surface area contributed by atoms with Gasteiger partial charge < -0.3 is 4.74 Å². The monoisotopic (exact) mass is 415 g/mol. The topological polar surface area (TPSA) is 90.6 Å². The maximum atomic E-state index is 13.3. The molecule has 0 atom stereocenters. The Balaban J connectivity index is 2.25. The summed E-state index contributed by atoms with van der Waals surface area (Å²) in [6, 6.07) is 16.5. The lowest BCUT2D eigenvalue weighted by Crippen LogP contribution is -2.39. The van der Waals surface area contributed by atoms with Gasteiger partial charge in [-0.3, -0.25) is 14.3 Å². The van der Waals surface area contributed by atoms with Crippen molar-refractivity contribution >= 4 is 21.7 Å². The van der Waals surface area contributed by atoms with Crippen LogP contribution in [0.3, 0.4) is 0 Å². The van der Waals surface area contributed by atoms with Crippen LogP contribution in [-0.4, -0.2) is 37.4 Å². The summed E-state index contributed by atoms with van der Waals surface area (Å²) in [7, 11) is -1.37. The first kappa shape index (κ1) is 20.4. The molecule has 9 heteroatoms. The van der Waals surface area contributed by atoms with Gasteiger partial charge in [0.05, 0.1) is 23.4 Å². The summed E-state index contributed by atoms with van der Waals surface area (Å²) in [5.41, 5.74) is 0.303. The molecule has 0 saturated heterocycles. The third-order valence-corrected chi connectivity index (χ3v) is 6.36. The van der Waals surface area contributed by atoms with Crippen LogP contribution in [0, 0.1) is 6.92 Å². The average molecular weight is 415 g/mol. The number of esters is 1. The van der Waals surface area contributed by atoms with Crippen molar-refractivity contribution < 1.29 is 17.9 Å². The van der Waals surface area contributed by atoms with Crippen molar-refractivity contribution in [3.05, 3.63) is 76.7 Å². The quantitative estimate of drug-likeness (QED) is 0.573. The molecule has 3 rings (SSSR count). The van der Waals surface area contributed by atoms with E-state index in [1.165, 1.54) is 16.8 Å². The van der Waals surface area contributed by atoms with E-state index in [-0.39, 0.29) is 10.6 Å². The number of benzene rings is 2.